The number of benzene rings is 2. The van der Waals surface area contributed by atoms with Gasteiger partial charge < -0.3 is 19.2 Å². The second-order valence-corrected chi connectivity index (χ2v) is 5.82. The Morgan fingerprint density at radius 1 is 1.00 bits per heavy atom. The Labute approximate surface area is 156 Å². The number of para-hydroxylation sites is 1. The fourth-order valence-electron chi connectivity index (χ4n) is 2.42. The molecule has 1 N–H and O–H groups in total. The third-order valence-corrected chi connectivity index (χ3v) is 3.73. The van der Waals surface area contributed by atoms with Gasteiger partial charge in [-0.25, -0.2) is 4.79 Å². The average molecular weight is 365 g/mol. The minimum Gasteiger partial charge on any atom is -0.467 e. The Morgan fingerprint density at radius 3 is 2.52 bits per heavy atom. The number of furan rings is 1. The highest BCUT2D eigenvalue weighted by Gasteiger charge is 2.15. The Morgan fingerprint density at radius 2 is 1.78 bits per heavy atom. The van der Waals surface area contributed by atoms with Crippen molar-refractivity contribution in [3.63, 3.8) is 0 Å². The molecule has 2 aromatic carbocycles. The number of nitrogens with one attached hydrogen (secondary N) is 1. The zero-order valence-electron chi connectivity index (χ0n) is 14.8. The molecule has 0 radical (unpaired) electrons. The molecule has 0 saturated heterocycles. The average Bonchev–Trinajstić information content (AvgIpc) is 3.22. The zero-order valence-corrected chi connectivity index (χ0v) is 14.8. The summed E-state index contributed by atoms with van der Waals surface area (Å²) in [6.07, 6.45) is 1.53. The van der Waals surface area contributed by atoms with E-state index in [4.69, 9.17) is 13.9 Å². The van der Waals surface area contributed by atoms with Gasteiger partial charge in [0.1, 0.15) is 17.3 Å². The van der Waals surface area contributed by atoms with E-state index in [1.807, 2.05) is 30.3 Å². The van der Waals surface area contributed by atoms with Gasteiger partial charge in [0.2, 0.25) is 0 Å². The third-order valence-electron chi connectivity index (χ3n) is 3.73. The van der Waals surface area contributed by atoms with E-state index < -0.39 is 11.9 Å². The maximum absolute atomic E-state index is 12.2. The summed E-state index contributed by atoms with van der Waals surface area (Å²) >= 11 is 0. The summed E-state index contributed by atoms with van der Waals surface area (Å²) in [5.74, 6) is 0.777. The summed E-state index contributed by atoms with van der Waals surface area (Å²) in [7, 11) is 0. The van der Waals surface area contributed by atoms with Crippen molar-refractivity contribution in [1.29, 1.82) is 0 Å². The van der Waals surface area contributed by atoms with Gasteiger partial charge in [0, 0.05) is 0 Å². The molecule has 0 spiro atoms. The van der Waals surface area contributed by atoms with Crippen LogP contribution in [0, 0.1) is 0 Å². The Kier molecular flexibility index (Phi) is 5.89. The molecule has 0 saturated carbocycles. The summed E-state index contributed by atoms with van der Waals surface area (Å²) in [5, 5.41) is 2.70. The summed E-state index contributed by atoms with van der Waals surface area (Å²) in [6, 6.07) is 19.0. The summed E-state index contributed by atoms with van der Waals surface area (Å²) < 4.78 is 16.0. The lowest BCUT2D eigenvalue weighted by Gasteiger charge is -2.12. The highest BCUT2D eigenvalue weighted by atomic mass is 16.5. The van der Waals surface area contributed by atoms with Gasteiger partial charge in [0.15, 0.2) is 6.61 Å². The Bertz CT molecular complexity index is 890. The van der Waals surface area contributed by atoms with E-state index in [1.54, 1.807) is 43.3 Å². The van der Waals surface area contributed by atoms with E-state index in [9.17, 15) is 9.59 Å². The van der Waals surface area contributed by atoms with Crippen molar-refractivity contribution in [2.24, 2.45) is 0 Å². The van der Waals surface area contributed by atoms with Crippen LogP contribution in [0.5, 0.6) is 11.5 Å². The summed E-state index contributed by atoms with van der Waals surface area (Å²) in [5.41, 5.74) is 0.301. The molecule has 0 fully saturated rings. The van der Waals surface area contributed by atoms with Crippen LogP contribution in [0.2, 0.25) is 0 Å². The molecular weight excluding hydrogens is 346 g/mol. The second kappa shape index (κ2) is 8.71. The highest BCUT2D eigenvalue weighted by Crippen LogP contribution is 2.22. The van der Waals surface area contributed by atoms with Crippen LogP contribution in [0.1, 0.15) is 29.1 Å². The van der Waals surface area contributed by atoms with Gasteiger partial charge in [-0.3, -0.25) is 4.79 Å². The number of hydrogen-bond donors (Lipinski definition) is 1. The van der Waals surface area contributed by atoms with E-state index in [1.165, 1.54) is 6.26 Å². The molecular formula is C21H19NO5. The van der Waals surface area contributed by atoms with Crippen LogP contribution in [0.15, 0.2) is 77.4 Å². The Balaban J connectivity index is 1.53. The number of ether oxygens (including phenoxy) is 2. The minimum absolute atomic E-state index is 0.301. The highest BCUT2D eigenvalue weighted by molar-refractivity contribution is 5.91. The number of amides is 1. The van der Waals surface area contributed by atoms with E-state index in [-0.39, 0.29) is 12.6 Å². The van der Waals surface area contributed by atoms with Crippen molar-refractivity contribution in [3.8, 4) is 11.5 Å². The molecule has 6 nitrogen and oxygen atoms in total. The predicted octanol–water partition coefficient (Wildman–Crippen LogP) is 4.11. The molecule has 1 atom stereocenters. The van der Waals surface area contributed by atoms with Crippen LogP contribution in [0.4, 0.5) is 0 Å². The molecule has 138 valence electrons. The molecule has 27 heavy (non-hydrogen) atoms. The van der Waals surface area contributed by atoms with Crippen LogP contribution < -0.4 is 10.1 Å². The van der Waals surface area contributed by atoms with Crippen molar-refractivity contribution in [1.82, 2.24) is 5.32 Å². The van der Waals surface area contributed by atoms with Crippen LogP contribution in [-0.2, 0) is 9.53 Å². The third kappa shape index (κ3) is 5.22. The fourth-order valence-corrected chi connectivity index (χ4v) is 2.42. The molecule has 1 aromatic heterocycles. The molecule has 0 aliphatic rings. The molecule has 1 amide bonds. The molecule has 0 aliphatic carbocycles. The van der Waals surface area contributed by atoms with E-state index in [0.717, 1.165) is 0 Å². The molecule has 0 unspecified atom stereocenters. The van der Waals surface area contributed by atoms with E-state index in [2.05, 4.69) is 5.32 Å². The first-order valence-corrected chi connectivity index (χ1v) is 8.44. The number of rotatable bonds is 7. The van der Waals surface area contributed by atoms with Gasteiger partial charge in [-0.2, -0.15) is 0 Å². The van der Waals surface area contributed by atoms with Gasteiger partial charge in [-0.05, 0) is 49.4 Å². The quantitative estimate of drug-likeness (QED) is 0.638. The smallest absolute Gasteiger partial charge is 0.338 e. The first-order chi connectivity index (χ1) is 13.1. The standard InChI is InChI=1S/C21H19NO5/c1-15(19-11-6-12-25-19)22-20(23)14-26-21(24)16-7-5-10-18(13-16)27-17-8-3-2-4-9-17/h2-13,15H,14H2,1H3,(H,22,23)/t15-/m1/s1. The van der Waals surface area contributed by atoms with Crippen LogP contribution in [0.25, 0.3) is 0 Å². The lowest BCUT2D eigenvalue weighted by atomic mass is 10.2. The largest absolute Gasteiger partial charge is 0.467 e. The van der Waals surface area contributed by atoms with Crippen molar-refractivity contribution in [2.75, 3.05) is 6.61 Å². The number of carbonyl (C=O) groups excluding carboxylic acids is 2. The summed E-state index contributed by atoms with van der Waals surface area (Å²) in [4.78, 5) is 24.1. The van der Waals surface area contributed by atoms with Gasteiger partial charge in [0.25, 0.3) is 5.91 Å². The van der Waals surface area contributed by atoms with Crippen molar-refractivity contribution >= 4 is 11.9 Å². The zero-order chi connectivity index (χ0) is 19.1. The number of hydrogen-bond acceptors (Lipinski definition) is 5. The van der Waals surface area contributed by atoms with Crippen LogP contribution in [-0.4, -0.2) is 18.5 Å². The monoisotopic (exact) mass is 365 g/mol. The van der Waals surface area contributed by atoms with Gasteiger partial charge >= 0.3 is 5.97 Å². The number of esters is 1. The lowest BCUT2D eigenvalue weighted by molar-refractivity contribution is -0.125. The molecule has 3 rings (SSSR count). The van der Waals surface area contributed by atoms with Crippen molar-refractivity contribution in [3.05, 3.63) is 84.3 Å². The first kappa shape index (κ1) is 18.3. The van der Waals surface area contributed by atoms with Gasteiger partial charge in [-0.15, -0.1) is 0 Å². The first-order valence-electron chi connectivity index (χ1n) is 8.44. The molecule has 6 heteroatoms. The molecule has 0 bridgehead atoms. The maximum atomic E-state index is 12.2. The van der Waals surface area contributed by atoms with Gasteiger partial charge in [0.05, 0.1) is 17.9 Å². The van der Waals surface area contributed by atoms with Crippen molar-refractivity contribution in [2.45, 2.75) is 13.0 Å². The topological polar surface area (TPSA) is 77.8 Å². The Hall–Kier alpha value is -3.54. The lowest BCUT2D eigenvalue weighted by Crippen LogP contribution is -2.30. The molecule has 1 heterocycles. The van der Waals surface area contributed by atoms with Crippen LogP contribution >= 0.6 is 0 Å². The molecule has 0 aliphatic heterocycles. The van der Waals surface area contributed by atoms with E-state index >= 15 is 0 Å². The van der Waals surface area contributed by atoms with Crippen LogP contribution in [0.3, 0.4) is 0 Å². The SMILES string of the molecule is C[C@@H](NC(=O)COC(=O)c1cccc(Oc2ccccc2)c1)c1ccco1. The number of carbonyl (C=O) groups is 2. The normalized spacial score (nSPS) is 11.4. The van der Waals surface area contributed by atoms with E-state index in [0.29, 0.717) is 22.8 Å². The van der Waals surface area contributed by atoms with Gasteiger partial charge in [-0.1, -0.05) is 24.3 Å². The minimum atomic E-state index is -0.602. The van der Waals surface area contributed by atoms with Crippen molar-refractivity contribution < 1.29 is 23.5 Å². The maximum Gasteiger partial charge on any atom is 0.338 e. The second-order valence-electron chi connectivity index (χ2n) is 5.82. The predicted molar refractivity (Wildman–Crippen MR) is 98.5 cm³/mol. The summed E-state index contributed by atoms with van der Waals surface area (Å²) in [6.45, 7) is 1.40. The molecule has 3 aromatic rings. The fraction of sp³-hybridized carbons (Fsp3) is 0.143.